The predicted molar refractivity (Wildman–Crippen MR) is 110 cm³/mol. The van der Waals surface area contributed by atoms with Gasteiger partial charge in [-0.1, -0.05) is 12.1 Å². The molecule has 6 nitrogen and oxygen atoms in total. The Balaban J connectivity index is 1.84. The van der Waals surface area contributed by atoms with Gasteiger partial charge in [-0.3, -0.25) is 9.52 Å². The Morgan fingerprint density at radius 1 is 1.14 bits per heavy atom. The molecule has 1 amide bonds. The zero-order valence-corrected chi connectivity index (χ0v) is 17.6. The third-order valence-corrected chi connectivity index (χ3v) is 5.31. The van der Waals surface area contributed by atoms with Gasteiger partial charge in [-0.15, -0.1) is 0 Å². The summed E-state index contributed by atoms with van der Waals surface area (Å²) in [6.07, 6.45) is 1.75. The monoisotopic (exact) mass is 402 g/mol. The first-order valence-electron chi connectivity index (χ1n) is 9.12. The van der Waals surface area contributed by atoms with Crippen molar-refractivity contribution in [3.05, 3.63) is 58.7 Å². The van der Waals surface area contributed by atoms with E-state index < -0.39 is 15.6 Å². The number of fused-ring (bicyclic) bond motifs is 1. The maximum Gasteiger partial charge on any atom is 0.251 e. The number of amides is 1. The molecule has 0 radical (unpaired) electrons. The highest BCUT2D eigenvalue weighted by Crippen LogP contribution is 2.40. The van der Waals surface area contributed by atoms with Gasteiger partial charge in [-0.25, -0.2) is 8.42 Å². The maximum absolute atomic E-state index is 12.9. The summed E-state index contributed by atoms with van der Waals surface area (Å²) in [5, 5.41) is 3.10. The van der Waals surface area contributed by atoms with Crippen molar-refractivity contribution in [2.75, 3.05) is 11.0 Å². The minimum absolute atomic E-state index is 0.166. The van der Waals surface area contributed by atoms with E-state index in [0.717, 1.165) is 23.1 Å². The van der Waals surface area contributed by atoms with Gasteiger partial charge in [0.1, 0.15) is 11.4 Å². The Kier molecular flexibility index (Phi) is 5.14. The molecule has 3 rings (SSSR count). The fourth-order valence-corrected chi connectivity index (χ4v) is 4.08. The standard InChI is InChI=1S/C21H26N2O4S/c1-13-6-8-16-18(12-21(3,4)27-19(16)10-13)22-20(24)15-7-9-17(14(2)11-15)23-28(5,25)26/h6-11,18,23H,12H2,1-5H3,(H,22,24)/t18-/m0/s1. The Hall–Kier alpha value is -2.54. The lowest BCUT2D eigenvalue weighted by atomic mass is 9.89. The number of rotatable bonds is 4. The molecule has 7 heteroatoms. The smallest absolute Gasteiger partial charge is 0.251 e. The third-order valence-electron chi connectivity index (χ3n) is 4.72. The van der Waals surface area contributed by atoms with Crippen LogP contribution in [0.4, 0.5) is 5.69 Å². The molecule has 0 aliphatic carbocycles. The first kappa shape index (κ1) is 20.2. The topological polar surface area (TPSA) is 84.5 Å². The van der Waals surface area contributed by atoms with Crippen molar-refractivity contribution >= 4 is 21.6 Å². The van der Waals surface area contributed by atoms with E-state index in [9.17, 15) is 13.2 Å². The van der Waals surface area contributed by atoms with Crippen LogP contribution in [-0.2, 0) is 10.0 Å². The van der Waals surface area contributed by atoms with Gasteiger partial charge >= 0.3 is 0 Å². The molecule has 0 spiro atoms. The molecule has 2 N–H and O–H groups in total. The lowest BCUT2D eigenvalue weighted by Gasteiger charge is -2.38. The first-order valence-corrected chi connectivity index (χ1v) is 11.0. The number of carbonyl (C=O) groups is 1. The number of hydrogen-bond donors (Lipinski definition) is 2. The summed E-state index contributed by atoms with van der Waals surface area (Å²) in [5.74, 6) is 0.591. The molecule has 1 aliphatic rings. The normalized spacial score (nSPS) is 18.0. The van der Waals surface area contributed by atoms with Crippen LogP contribution in [0.25, 0.3) is 0 Å². The van der Waals surface area contributed by atoms with Gasteiger partial charge in [0.05, 0.1) is 18.0 Å². The lowest BCUT2D eigenvalue weighted by molar-refractivity contribution is 0.0619. The number of benzene rings is 2. The summed E-state index contributed by atoms with van der Waals surface area (Å²) in [7, 11) is -3.37. The minimum Gasteiger partial charge on any atom is -0.487 e. The zero-order valence-electron chi connectivity index (χ0n) is 16.8. The molecule has 1 heterocycles. The molecule has 0 aromatic heterocycles. The van der Waals surface area contributed by atoms with E-state index in [-0.39, 0.29) is 11.9 Å². The van der Waals surface area contributed by atoms with Crippen LogP contribution in [0.5, 0.6) is 5.75 Å². The van der Waals surface area contributed by atoms with E-state index in [1.54, 1.807) is 25.1 Å². The van der Waals surface area contributed by atoms with Crippen molar-refractivity contribution in [1.82, 2.24) is 5.32 Å². The van der Waals surface area contributed by atoms with Crippen molar-refractivity contribution in [3.8, 4) is 5.75 Å². The van der Waals surface area contributed by atoms with Crippen LogP contribution in [0.15, 0.2) is 36.4 Å². The summed E-state index contributed by atoms with van der Waals surface area (Å²) in [5.41, 5.74) is 3.30. The number of sulfonamides is 1. The second-order valence-corrected chi connectivity index (χ2v) is 9.79. The summed E-state index contributed by atoms with van der Waals surface area (Å²) < 4.78 is 31.4. The number of ether oxygens (including phenoxy) is 1. The van der Waals surface area contributed by atoms with E-state index in [1.807, 2.05) is 39.0 Å². The van der Waals surface area contributed by atoms with Gasteiger partial charge in [0.25, 0.3) is 5.91 Å². The molecule has 0 saturated heterocycles. The van der Waals surface area contributed by atoms with E-state index in [0.29, 0.717) is 23.2 Å². The minimum atomic E-state index is -3.37. The van der Waals surface area contributed by atoms with Crippen molar-refractivity contribution in [1.29, 1.82) is 0 Å². The lowest BCUT2D eigenvalue weighted by Crippen LogP contribution is -2.41. The molecule has 0 unspecified atom stereocenters. The van der Waals surface area contributed by atoms with Crippen LogP contribution in [0.1, 0.15) is 53.4 Å². The Bertz CT molecular complexity index is 1030. The largest absolute Gasteiger partial charge is 0.487 e. The van der Waals surface area contributed by atoms with Crippen molar-refractivity contribution < 1.29 is 17.9 Å². The van der Waals surface area contributed by atoms with Crippen LogP contribution in [-0.4, -0.2) is 26.2 Å². The molecular formula is C21H26N2O4S. The second kappa shape index (κ2) is 7.13. The molecule has 2 aromatic rings. The Morgan fingerprint density at radius 3 is 2.50 bits per heavy atom. The molecule has 1 aliphatic heterocycles. The van der Waals surface area contributed by atoms with Crippen LogP contribution in [0, 0.1) is 13.8 Å². The molecule has 2 aromatic carbocycles. The molecule has 0 fully saturated rings. The zero-order chi connectivity index (χ0) is 20.7. The molecule has 0 bridgehead atoms. The van der Waals surface area contributed by atoms with Gasteiger partial charge in [-0.05, 0) is 63.1 Å². The summed E-state index contributed by atoms with van der Waals surface area (Å²) in [6.45, 7) is 7.79. The number of hydrogen-bond acceptors (Lipinski definition) is 4. The van der Waals surface area contributed by atoms with Gasteiger partial charge < -0.3 is 10.1 Å². The predicted octanol–water partition coefficient (Wildman–Crippen LogP) is 3.71. The molecule has 0 saturated carbocycles. The second-order valence-electron chi connectivity index (χ2n) is 8.04. The number of carbonyl (C=O) groups excluding carboxylic acids is 1. The van der Waals surface area contributed by atoms with Crippen LogP contribution in [0.2, 0.25) is 0 Å². The summed E-state index contributed by atoms with van der Waals surface area (Å²) in [4.78, 5) is 12.9. The summed E-state index contributed by atoms with van der Waals surface area (Å²) >= 11 is 0. The highest BCUT2D eigenvalue weighted by Gasteiger charge is 2.34. The molecule has 28 heavy (non-hydrogen) atoms. The van der Waals surface area contributed by atoms with Crippen molar-refractivity contribution in [3.63, 3.8) is 0 Å². The highest BCUT2D eigenvalue weighted by molar-refractivity contribution is 7.92. The highest BCUT2D eigenvalue weighted by atomic mass is 32.2. The Labute approximate surface area is 166 Å². The van der Waals surface area contributed by atoms with Crippen molar-refractivity contribution in [2.45, 2.75) is 45.8 Å². The molecule has 1 atom stereocenters. The van der Waals surface area contributed by atoms with E-state index in [2.05, 4.69) is 10.0 Å². The third kappa shape index (κ3) is 4.65. The molecular weight excluding hydrogens is 376 g/mol. The Morgan fingerprint density at radius 2 is 1.86 bits per heavy atom. The van der Waals surface area contributed by atoms with E-state index in [4.69, 9.17) is 4.74 Å². The number of anilines is 1. The van der Waals surface area contributed by atoms with E-state index in [1.165, 1.54) is 0 Å². The van der Waals surface area contributed by atoms with Gasteiger partial charge in [0.2, 0.25) is 10.0 Å². The first-order chi connectivity index (χ1) is 12.9. The fraction of sp³-hybridized carbons (Fsp3) is 0.381. The van der Waals surface area contributed by atoms with Gasteiger partial charge in [0, 0.05) is 17.5 Å². The maximum atomic E-state index is 12.9. The molecule has 150 valence electrons. The average molecular weight is 403 g/mol. The fourth-order valence-electron chi connectivity index (χ4n) is 3.45. The quantitative estimate of drug-likeness (QED) is 0.817. The number of aryl methyl sites for hydroxylation is 2. The van der Waals surface area contributed by atoms with Gasteiger partial charge in [0.15, 0.2) is 0 Å². The van der Waals surface area contributed by atoms with Gasteiger partial charge in [-0.2, -0.15) is 0 Å². The average Bonchev–Trinajstić information content (AvgIpc) is 2.54. The summed E-state index contributed by atoms with van der Waals surface area (Å²) in [6, 6.07) is 10.7. The van der Waals surface area contributed by atoms with Crippen molar-refractivity contribution in [2.24, 2.45) is 0 Å². The number of nitrogens with one attached hydrogen (secondary N) is 2. The SMILES string of the molecule is Cc1ccc2c(c1)OC(C)(C)C[C@@H]2NC(=O)c1ccc(NS(C)(=O)=O)c(C)c1. The van der Waals surface area contributed by atoms with Crippen LogP contribution < -0.4 is 14.8 Å². The van der Waals surface area contributed by atoms with Crippen LogP contribution in [0.3, 0.4) is 0 Å². The van der Waals surface area contributed by atoms with Crippen LogP contribution >= 0.6 is 0 Å². The van der Waals surface area contributed by atoms with E-state index >= 15 is 0 Å².